The van der Waals surface area contributed by atoms with Crippen LogP contribution in [0.15, 0.2) is 84.9 Å². The minimum Gasteiger partial charge on any atom is -1.00 e. The summed E-state index contributed by atoms with van der Waals surface area (Å²) in [5.74, 6) is 0. The average Bonchev–Trinajstić information content (AvgIpc) is 3.05. The largest absolute Gasteiger partial charge is 1.00 e. The lowest BCUT2D eigenvalue weighted by Gasteiger charge is -2.26. The fourth-order valence-electron chi connectivity index (χ4n) is 7.10. The van der Waals surface area contributed by atoms with Gasteiger partial charge in [0, 0.05) is 18.4 Å². The number of H-pyrrole nitrogens is 3. The number of hydrogen-bond donors (Lipinski definition) is 3. The normalized spacial score (nSPS) is 12.9. The van der Waals surface area contributed by atoms with Gasteiger partial charge >= 0.3 is 0 Å². The second kappa shape index (κ2) is 12.5. The molecule has 274 valence electrons. The number of nitrogens with zero attached hydrogens (tertiary/aromatic N) is 3. The van der Waals surface area contributed by atoms with Crippen molar-refractivity contribution in [2.24, 2.45) is 7.05 Å². The van der Waals surface area contributed by atoms with E-state index in [4.69, 9.17) is 0 Å². The Bertz CT molecular complexity index is 2320. The predicted molar refractivity (Wildman–Crippen MR) is 218 cm³/mol. The smallest absolute Gasteiger partial charge is 0.159 e. The molecule has 0 bridgehead atoms. The zero-order chi connectivity index (χ0) is 36.8. The second-order valence-corrected chi connectivity index (χ2v) is 18.6. The summed E-state index contributed by atoms with van der Waals surface area (Å²) in [7, 11) is 2.15. The van der Waals surface area contributed by atoms with E-state index < -0.39 is 0 Å². The number of aromatic amines is 3. The average molecular weight is 716 g/mol. The Kier molecular flexibility index (Phi) is 8.98. The van der Waals surface area contributed by atoms with Crippen molar-refractivity contribution in [1.82, 2.24) is 28.7 Å². The van der Waals surface area contributed by atoms with E-state index >= 15 is 0 Å². The van der Waals surface area contributed by atoms with Crippen molar-refractivity contribution in [3.05, 3.63) is 107 Å². The lowest BCUT2D eigenvalue weighted by Crippen LogP contribution is -3.00. The van der Waals surface area contributed by atoms with Crippen LogP contribution in [-0.2, 0) is 28.7 Å². The number of nitrogens with one attached hydrogen (secondary N) is 3. The summed E-state index contributed by atoms with van der Waals surface area (Å²) < 4.78 is 7.05. The maximum atomic E-state index is 4.02. The van der Waals surface area contributed by atoms with Gasteiger partial charge < -0.3 is 31.9 Å². The molecule has 0 amide bonds. The van der Waals surface area contributed by atoms with Gasteiger partial charge in [-0.25, -0.2) is 0 Å². The highest BCUT2D eigenvalue weighted by Crippen LogP contribution is 2.34. The highest BCUT2D eigenvalue weighted by Gasteiger charge is 2.22. The predicted octanol–water partition coefficient (Wildman–Crippen LogP) is 9.08. The molecular formula is C45H56ClN6-. The molecule has 0 aliphatic carbocycles. The van der Waals surface area contributed by atoms with Crippen LogP contribution in [0, 0.1) is 0 Å². The van der Waals surface area contributed by atoms with Gasteiger partial charge in [-0.15, -0.1) is 0 Å². The molecule has 3 N–H and O–H groups in total. The van der Waals surface area contributed by atoms with Crippen LogP contribution in [0.3, 0.4) is 0 Å². The maximum absolute atomic E-state index is 4.02. The highest BCUT2D eigenvalue weighted by molar-refractivity contribution is 5.93. The molecule has 0 saturated carbocycles. The monoisotopic (exact) mass is 715 g/mol. The van der Waals surface area contributed by atoms with Gasteiger partial charge in [0.1, 0.15) is 0 Å². The molecule has 3 aromatic heterocycles. The Hall–Kier alpha value is -4.55. The van der Waals surface area contributed by atoms with E-state index in [0.717, 1.165) is 56.0 Å². The first kappa shape index (κ1) is 37.2. The van der Waals surface area contributed by atoms with E-state index in [1.165, 1.54) is 22.3 Å². The van der Waals surface area contributed by atoms with E-state index in [-0.39, 0.29) is 34.1 Å². The summed E-state index contributed by atoms with van der Waals surface area (Å²) in [5, 5.41) is 0. The molecule has 7 heteroatoms. The first-order valence-electron chi connectivity index (χ1n) is 18.4. The van der Waals surface area contributed by atoms with Gasteiger partial charge in [-0.1, -0.05) is 119 Å². The lowest BCUT2D eigenvalue weighted by atomic mass is 9.86. The molecule has 0 fully saturated rings. The molecule has 7 rings (SSSR count). The third-order valence-corrected chi connectivity index (χ3v) is 10.5. The molecule has 0 unspecified atom stereocenters. The number of hydrogen-bond acceptors (Lipinski definition) is 0. The van der Waals surface area contributed by atoms with Gasteiger partial charge in [-0.3, -0.25) is 9.13 Å². The first-order chi connectivity index (χ1) is 23.7. The minimum atomic E-state index is -0.00425. The van der Waals surface area contributed by atoms with E-state index in [1.807, 2.05) is 0 Å². The van der Waals surface area contributed by atoms with Crippen LogP contribution >= 0.6 is 0 Å². The lowest BCUT2D eigenvalue weighted by molar-refractivity contribution is -0.0000123. The maximum Gasteiger partial charge on any atom is 0.159 e. The fourth-order valence-corrected chi connectivity index (χ4v) is 7.10. The summed E-state index contributed by atoms with van der Waals surface area (Å²) >= 11 is 0. The third kappa shape index (κ3) is 6.51. The summed E-state index contributed by atoms with van der Waals surface area (Å²) in [5.41, 5.74) is 15.8. The second-order valence-electron chi connectivity index (χ2n) is 18.6. The van der Waals surface area contributed by atoms with Crippen molar-refractivity contribution in [2.45, 2.75) is 105 Å². The van der Waals surface area contributed by atoms with Crippen molar-refractivity contribution < 1.29 is 12.4 Å². The van der Waals surface area contributed by atoms with Gasteiger partial charge in [-0.2, -0.15) is 0 Å². The number of fused-ring (bicyclic) bond motifs is 4. The standard InChI is InChI=1S/C45H56N6.ClH/c1-42(2,3)28-14-20-32(21-15-28)50-36-26-30(44(7,8)9)18-24-34(36)46-38-40(50)48-41-39(49(38)13)47-35-25-19-31(45(10,11)12)27-37(35)51(41)33-22-16-29(17-23-33)43(4,5)6;/h14-27,46-48H,1-13H3;1H/p-1. The molecule has 0 spiro atoms. The summed E-state index contributed by atoms with van der Waals surface area (Å²) in [4.78, 5) is 11.7. The van der Waals surface area contributed by atoms with Crippen LogP contribution in [0.4, 0.5) is 0 Å². The number of rotatable bonds is 2. The summed E-state index contributed by atoms with van der Waals surface area (Å²) in [6, 6.07) is 31.8. The van der Waals surface area contributed by atoms with Crippen molar-refractivity contribution in [2.75, 3.05) is 0 Å². The molecule has 3 heterocycles. The molecule has 0 aliphatic rings. The Labute approximate surface area is 315 Å². The van der Waals surface area contributed by atoms with Crippen LogP contribution in [0.1, 0.15) is 105 Å². The zero-order valence-electron chi connectivity index (χ0n) is 33.3. The molecule has 52 heavy (non-hydrogen) atoms. The topological polar surface area (TPSA) is 62.2 Å². The van der Waals surface area contributed by atoms with Crippen molar-refractivity contribution >= 4 is 44.7 Å². The van der Waals surface area contributed by atoms with Gasteiger partial charge in [-0.05, 0) is 92.4 Å². The van der Waals surface area contributed by atoms with Crippen LogP contribution in [-0.4, -0.2) is 28.7 Å². The highest BCUT2D eigenvalue weighted by atomic mass is 35.5. The number of aromatic nitrogens is 6. The molecule has 7 aromatic rings. The van der Waals surface area contributed by atoms with Crippen LogP contribution in [0.25, 0.3) is 56.0 Å². The van der Waals surface area contributed by atoms with Crippen molar-refractivity contribution in [1.29, 1.82) is 0 Å². The molecule has 6 nitrogen and oxygen atoms in total. The van der Waals surface area contributed by atoms with E-state index in [1.54, 1.807) is 0 Å². The SMILES string of the molecule is Cn1c2[nH]c3ccc(C(C)(C)C)cc3n(-c3ccc(C(C)(C)C)cc3)c2[nH]c2c1[nH]c1ccc(C(C)(C)C)cc1n2-c1ccc(C(C)(C)C)cc1.[Cl-]. The number of aryl methyl sites for hydroxylation is 1. The van der Waals surface area contributed by atoms with Gasteiger partial charge in [0.2, 0.25) is 0 Å². The summed E-state index contributed by atoms with van der Waals surface area (Å²) in [6.07, 6.45) is 0. The molecule has 0 saturated heterocycles. The zero-order valence-corrected chi connectivity index (χ0v) is 34.1. The Morgan fingerprint density at radius 2 is 0.692 bits per heavy atom. The first-order valence-corrected chi connectivity index (χ1v) is 18.4. The molecule has 0 atom stereocenters. The Balaban J connectivity index is 0.00000464. The van der Waals surface area contributed by atoms with Crippen molar-refractivity contribution in [3.8, 4) is 11.4 Å². The van der Waals surface area contributed by atoms with Crippen LogP contribution in [0.2, 0.25) is 0 Å². The van der Waals surface area contributed by atoms with Gasteiger partial charge in [0.15, 0.2) is 22.6 Å². The fraction of sp³-hybridized carbons (Fsp3) is 0.378. The molecule has 4 aromatic carbocycles. The summed E-state index contributed by atoms with van der Waals surface area (Å²) in [6.45, 7) is 27.3. The van der Waals surface area contributed by atoms with Crippen molar-refractivity contribution in [3.63, 3.8) is 0 Å². The third-order valence-electron chi connectivity index (χ3n) is 10.5. The molecule has 0 aliphatic heterocycles. The van der Waals surface area contributed by atoms with Gasteiger partial charge in [0.05, 0.1) is 22.1 Å². The molecule has 0 radical (unpaired) electrons. The Morgan fingerprint density at radius 3 is 1.00 bits per heavy atom. The van der Waals surface area contributed by atoms with Crippen LogP contribution < -0.4 is 12.4 Å². The van der Waals surface area contributed by atoms with E-state index in [2.05, 4.69) is 204 Å². The van der Waals surface area contributed by atoms with E-state index in [9.17, 15) is 0 Å². The van der Waals surface area contributed by atoms with E-state index in [0.29, 0.717) is 0 Å². The van der Waals surface area contributed by atoms with Crippen LogP contribution in [0.5, 0.6) is 0 Å². The Morgan fingerprint density at radius 1 is 0.385 bits per heavy atom. The number of halogens is 1. The van der Waals surface area contributed by atoms with Gasteiger partial charge in [0.25, 0.3) is 0 Å². The molecular weight excluding hydrogens is 660 g/mol. The number of benzene rings is 4. The quantitative estimate of drug-likeness (QED) is 0.150. The minimum absolute atomic E-state index is 0.